The summed E-state index contributed by atoms with van der Waals surface area (Å²) in [7, 11) is 0. The van der Waals surface area contributed by atoms with E-state index < -0.39 is 0 Å². The summed E-state index contributed by atoms with van der Waals surface area (Å²) in [5, 5.41) is 3.62. The highest BCUT2D eigenvalue weighted by molar-refractivity contribution is 4.76. The molecule has 1 aliphatic heterocycles. The van der Waals surface area contributed by atoms with Gasteiger partial charge in [0.15, 0.2) is 0 Å². The third kappa shape index (κ3) is 4.80. The van der Waals surface area contributed by atoms with E-state index in [1.807, 2.05) is 6.08 Å². The Kier molecular flexibility index (Phi) is 5.93. The molecule has 1 nitrogen and oxygen atoms in total. The highest BCUT2D eigenvalue weighted by Gasteiger charge is 2.16. The van der Waals surface area contributed by atoms with Gasteiger partial charge < -0.3 is 5.32 Å². The van der Waals surface area contributed by atoms with Crippen molar-refractivity contribution in [3.63, 3.8) is 0 Å². The van der Waals surface area contributed by atoms with Crippen molar-refractivity contribution in [2.24, 2.45) is 5.92 Å². The molecular formula is C13H25N. The summed E-state index contributed by atoms with van der Waals surface area (Å²) in [5.41, 5.74) is 0. The van der Waals surface area contributed by atoms with Gasteiger partial charge in [0.05, 0.1) is 0 Å². The summed E-state index contributed by atoms with van der Waals surface area (Å²) in [5.74, 6) is 0.939. The molecule has 2 unspecified atom stereocenters. The van der Waals surface area contributed by atoms with Crippen LogP contribution in [0.25, 0.3) is 0 Å². The van der Waals surface area contributed by atoms with Crippen LogP contribution in [-0.2, 0) is 0 Å². The fraction of sp³-hybridized carbons (Fsp3) is 0.846. The minimum atomic E-state index is 0.808. The second-order valence-corrected chi connectivity index (χ2v) is 4.71. The second kappa shape index (κ2) is 7.05. The molecule has 0 radical (unpaired) electrons. The van der Waals surface area contributed by atoms with Crippen molar-refractivity contribution in [3.8, 4) is 0 Å². The van der Waals surface area contributed by atoms with E-state index in [4.69, 9.17) is 0 Å². The highest BCUT2D eigenvalue weighted by Crippen LogP contribution is 2.19. The lowest BCUT2D eigenvalue weighted by Crippen LogP contribution is -2.37. The van der Waals surface area contributed by atoms with Crippen LogP contribution in [0.1, 0.15) is 51.9 Å². The zero-order valence-corrected chi connectivity index (χ0v) is 9.60. The van der Waals surface area contributed by atoms with E-state index in [0.717, 1.165) is 12.0 Å². The first-order valence-corrected chi connectivity index (χ1v) is 6.17. The molecule has 1 N–H and O–H groups in total. The highest BCUT2D eigenvalue weighted by atomic mass is 14.9. The minimum Gasteiger partial charge on any atom is -0.314 e. The lowest BCUT2D eigenvalue weighted by atomic mass is 9.91. The molecule has 0 spiro atoms. The molecule has 0 amide bonds. The zero-order valence-electron chi connectivity index (χ0n) is 9.60. The first-order valence-electron chi connectivity index (χ1n) is 6.17. The Morgan fingerprint density at radius 2 is 2.21 bits per heavy atom. The Morgan fingerprint density at radius 1 is 1.36 bits per heavy atom. The summed E-state index contributed by atoms with van der Waals surface area (Å²) in [6.45, 7) is 7.36. The van der Waals surface area contributed by atoms with Crippen LogP contribution in [0.4, 0.5) is 0 Å². The van der Waals surface area contributed by atoms with Crippen LogP contribution in [-0.4, -0.2) is 12.6 Å². The van der Waals surface area contributed by atoms with Crippen molar-refractivity contribution in [2.75, 3.05) is 6.54 Å². The fourth-order valence-corrected chi connectivity index (χ4v) is 2.30. The van der Waals surface area contributed by atoms with Gasteiger partial charge in [-0.15, -0.1) is 6.58 Å². The number of hydrogen-bond acceptors (Lipinski definition) is 1. The zero-order chi connectivity index (χ0) is 10.2. The quantitative estimate of drug-likeness (QED) is 0.505. The average molecular weight is 195 g/mol. The molecule has 0 aliphatic carbocycles. The van der Waals surface area contributed by atoms with E-state index >= 15 is 0 Å². The van der Waals surface area contributed by atoms with Crippen molar-refractivity contribution >= 4 is 0 Å². The molecule has 14 heavy (non-hydrogen) atoms. The maximum absolute atomic E-state index is 3.75. The molecule has 0 aromatic heterocycles. The van der Waals surface area contributed by atoms with Crippen LogP contribution >= 0.6 is 0 Å². The van der Waals surface area contributed by atoms with E-state index in [0.29, 0.717) is 0 Å². The molecule has 0 saturated carbocycles. The Labute approximate surface area is 89.0 Å². The topological polar surface area (TPSA) is 12.0 Å². The third-order valence-corrected chi connectivity index (χ3v) is 3.22. The van der Waals surface area contributed by atoms with Crippen molar-refractivity contribution in [2.45, 2.75) is 57.9 Å². The van der Waals surface area contributed by atoms with Crippen LogP contribution in [0.3, 0.4) is 0 Å². The van der Waals surface area contributed by atoms with Crippen molar-refractivity contribution in [3.05, 3.63) is 12.7 Å². The number of allylic oxidation sites excluding steroid dienone is 1. The van der Waals surface area contributed by atoms with Gasteiger partial charge >= 0.3 is 0 Å². The largest absolute Gasteiger partial charge is 0.314 e. The van der Waals surface area contributed by atoms with Gasteiger partial charge in [-0.3, -0.25) is 0 Å². The maximum Gasteiger partial charge on any atom is 0.00696 e. The van der Waals surface area contributed by atoms with E-state index in [2.05, 4.69) is 18.8 Å². The standard InChI is InChI=1S/C13H25N/c1-3-4-5-6-7-8-13-11-12(2)9-10-14-13/h3,12-14H,1,4-11H2,2H3. The number of rotatable bonds is 6. The normalized spacial score (nSPS) is 27.5. The van der Waals surface area contributed by atoms with Crippen LogP contribution in [0.15, 0.2) is 12.7 Å². The minimum absolute atomic E-state index is 0.808. The first kappa shape index (κ1) is 11.8. The number of hydrogen-bond donors (Lipinski definition) is 1. The number of unbranched alkanes of at least 4 members (excludes halogenated alkanes) is 3. The Bertz CT molecular complexity index is 153. The molecule has 1 rings (SSSR count). The van der Waals surface area contributed by atoms with Gasteiger partial charge in [0, 0.05) is 6.04 Å². The van der Waals surface area contributed by atoms with Crippen LogP contribution in [0.5, 0.6) is 0 Å². The average Bonchev–Trinajstić information content (AvgIpc) is 2.18. The molecule has 1 saturated heterocycles. The summed E-state index contributed by atoms with van der Waals surface area (Å²) in [6.07, 6.45) is 11.4. The first-order chi connectivity index (χ1) is 6.83. The van der Waals surface area contributed by atoms with E-state index in [1.165, 1.54) is 51.5 Å². The van der Waals surface area contributed by atoms with E-state index in [-0.39, 0.29) is 0 Å². The van der Waals surface area contributed by atoms with Gasteiger partial charge in [-0.2, -0.15) is 0 Å². The summed E-state index contributed by atoms with van der Waals surface area (Å²) >= 11 is 0. The molecule has 1 heteroatoms. The van der Waals surface area contributed by atoms with Gasteiger partial charge in [-0.25, -0.2) is 0 Å². The predicted octanol–water partition coefficient (Wildman–Crippen LogP) is 3.51. The van der Waals surface area contributed by atoms with Gasteiger partial charge in [0.2, 0.25) is 0 Å². The van der Waals surface area contributed by atoms with E-state index in [9.17, 15) is 0 Å². The van der Waals surface area contributed by atoms with E-state index in [1.54, 1.807) is 0 Å². The van der Waals surface area contributed by atoms with Gasteiger partial charge in [0.1, 0.15) is 0 Å². The molecule has 0 aromatic carbocycles. The third-order valence-electron chi connectivity index (χ3n) is 3.22. The molecule has 82 valence electrons. The fourth-order valence-electron chi connectivity index (χ4n) is 2.30. The van der Waals surface area contributed by atoms with Gasteiger partial charge in [0.25, 0.3) is 0 Å². The molecule has 0 aromatic rings. The Balaban J connectivity index is 1.97. The lowest BCUT2D eigenvalue weighted by Gasteiger charge is -2.28. The number of piperidine rings is 1. The summed E-state index contributed by atoms with van der Waals surface area (Å²) in [4.78, 5) is 0. The Hall–Kier alpha value is -0.300. The molecule has 1 aliphatic rings. The van der Waals surface area contributed by atoms with Gasteiger partial charge in [-0.05, 0) is 44.6 Å². The molecule has 2 atom stereocenters. The Morgan fingerprint density at radius 3 is 2.93 bits per heavy atom. The molecule has 1 heterocycles. The molecular weight excluding hydrogens is 170 g/mol. The van der Waals surface area contributed by atoms with Crippen molar-refractivity contribution < 1.29 is 0 Å². The monoisotopic (exact) mass is 195 g/mol. The number of nitrogens with one attached hydrogen (secondary N) is 1. The smallest absolute Gasteiger partial charge is 0.00696 e. The molecule has 1 fully saturated rings. The van der Waals surface area contributed by atoms with Crippen molar-refractivity contribution in [1.82, 2.24) is 5.32 Å². The van der Waals surface area contributed by atoms with Crippen LogP contribution in [0, 0.1) is 5.92 Å². The molecule has 0 bridgehead atoms. The summed E-state index contributed by atoms with van der Waals surface area (Å²) in [6, 6.07) is 0.808. The van der Waals surface area contributed by atoms with Crippen LogP contribution < -0.4 is 5.32 Å². The SMILES string of the molecule is C=CCCCCCC1CC(C)CCN1. The predicted molar refractivity (Wildman–Crippen MR) is 63.5 cm³/mol. The second-order valence-electron chi connectivity index (χ2n) is 4.71. The summed E-state index contributed by atoms with van der Waals surface area (Å²) < 4.78 is 0. The van der Waals surface area contributed by atoms with Crippen LogP contribution in [0.2, 0.25) is 0 Å². The lowest BCUT2D eigenvalue weighted by molar-refractivity contribution is 0.302. The van der Waals surface area contributed by atoms with Crippen molar-refractivity contribution in [1.29, 1.82) is 0 Å². The maximum atomic E-state index is 3.75. The van der Waals surface area contributed by atoms with Gasteiger partial charge in [-0.1, -0.05) is 25.8 Å².